The summed E-state index contributed by atoms with van der Waals surface area (Å²) in [4.78, 5) is 1.24. The number of aryl methyl sites for hydroxylation is 1. The molecule has 0 unspecified atom stereocenters. The van der Waals surface area contributed by atoms with Crippen molar-refractivity contribution in [2.24, 2.45) is 0 Å². The first kappa shape index (κ1) is 9.72. The van der Waals surface area contributed by atoms with Crippen molar-refractivity contribution < 1.29 is 4.42 Å². The van der Waals surface area contributed by atoms with Gasteiger partial charge in [-0.05, 0) is 18.0 Å². The van der Waals surface area contributed by atoms with Gasteiger partial charge in [0.1, 0.15) is 4.88 Å². The summed E-state index contributed by atoms with van der Waals surface area (Å²) in [6.07, 6.45) is 1.90. The minimum Gasteiger partial charge on any atom is -0.410 e. The zero-order chi connectivity index (χ0) is 9.97. The van der Waals surface area contributed by atoms with Gasteiger partial charge in [-0.1, -0.05) is 17.8 Å². The highest BCUT2D eigenvalue weighted by atomic mass is 79.9. The zero-order valence-corrected chi connectivity index (χ0v) is 9.80. The van der Waals surface area contributed by atoms with Crippen molar-refractivity contribution in [3.8, 4) is 10.8 Å². The molecule has 0 spiro atoms. The van der Waals surface area contributed by atoms with Gasteiger partial charge in [-0.3, -0.25) is 0 Å². The summed E-state index contributed by atoms with van der Waals surface area (Å²) in [6.45, 7) is 2.09. The molecule has 74 valence electrons. The van der Waals surface area contributed by atoms with E-state index in [1.807, 2.05) is 0 Å². The van der Waals surface area contributed by atoms with Crippen LogP contribution in [0.25, 0.3) is 10.8 Å². The van der Waals surface area contributed by atoms with Crippen LogP contribution in [0.2, 0.25) is 0 Å². The minimum atomic E-state index is 0.378. The predicted octanol–water partition coefficient (Wildman–Crippen LogP) is 2.30. The highest BCUT2D eigenvalue weighted by Gasteiger charge is 2.15. The Hall–Kier alpha value is -0.820. The second-order valence-electron chi connectivity index (χ2n) is 2.66. The first-order chi connectivity index (χ1) is 6.81. The Morgan fingerprint density at radius 2 is 2.21 bits per heavy atom. The van der Waals surface area contributed by atoms with Crippen LogP contribution < -0.4 is 0 Å². The molecule has 0 aliphatic carbocycles. The molecule has 0 aliphatic rings. The van der Waals surface area contributed by atoms with Gasteiger partial charge in [0.05, 0.1) is 5.69 Å². The molecule has 5 nitrogen and oxygen atoms in total. The quantitative estimate of drug-likeness (QED) is 0.859. The summed E-state index contributed by atoms with van der Waals surface area (Å²) >= 11 is 4.38. The van der Waals surface area contributed by atoms with Crippen LogP contribution in [0.1, 0.15) is 19.0 Å². The summed E-state index contributed by atoms with van der Waals surface area (Å²) in [6, 6.07) is 0. The van der Waals surface area contributed by atoms with Crippen molar-refractivity contribution in [3.05, 3.63) is 10.5 Å². The third kappa shape index (κ3) is 1.83. The molecule has 0 N–H and O–H groups in total. The van der Waals surface area contributed by atoms with Crippen LogP contribution in [0.3, 0.4) is 0 Å². The van der Waals surface area contributed by atoms with E-state index in [0.717, 1.165) is 23.4 Å². The van der Waals surface area contributed by atoms with Crippen LogP contribution in [0.15, 0.2) is 9.22 Å². The number of hydrogen-bond acceptors (Lipinski definition) is 6. The summed E-state index contributed by atoms with van der Waals surface area (Å²) in [7, 11) is 0. The van der Waals surface area contributed by atoms with Gasteiger partial charge >= 0.3 is 0 Å². The Morgan fingerprint density at radius 1 is 1.36 bits per heavy atom. The monoisotopic (exact) mass is 274 g/mol. The Labute approximate surface area is 92.8 Å². The summed E-state index contributed by atoms with van der Waals surface area (Å²) in [5.74, 6) is 0.482. The van der Waals surface area contributed by atoms with Gasteiger partial charge in [-0.25, -0.2) is 0 Å². The molecule has 2 aromatic rings. The smallest absolute Gasteiger partial charge is 0.285 e. The van der Waals surface area contributed by atoms with Crippen LogP contribution in [-0.4, -0.2) is 19.8 Å². The molecule has 0 saturated heterocycles. The maximum atomic E-state index is 5.24. The average Bonchev–Trinajstić information content (AvgIpc) is 2.74. The first-order valence-electron chi connectivity index (χ1n) is 4.12. The molecule has 0 amide bonds. The molecule has 14 heavy (non-hydrogen) atoms. The van der Waals surface area contributed by atoms with Crippen molar-refractivity contribution in [1.29, 1.82) is 0 Å². The second-order valence-corrected chi connectivity index (χ2v) is 4.09. The minimum absolute atomic E-state index is 0.378. The third-order valence-electron chi connectivity index (χ3n) is 1.64. The first-order valence-corrected chi connectivity index (χ1v) is 5.68. The van der Waals surface area contributed by atoms with Crippen LogP contribution in [0, 0.1) is 0 Å². The second kappa shape index (κ2) is 4.14. The molecule has 0 radical (unpaired) electrons. The predicted molar refractivity (Wildman–Crippen MR) is 54.9 cm³/mol. The average molecular weight is 275 g/mol. The molecule has 0 aliphatic heterocycles. The van der Waals surface area contributed by atoms with Crippen LogP contribution >= 0.6 is 27.5 Å². The van der Waals surface area contributed by atoms with Gasteiger partial charge in [0, 0.05) is 15.9 Å². The van der Waals surface area contributed by atoms with Gasteiger partial charge < -0.3 is 4.42 Å². The summed E-state index contributed by atoms with van der Waals surface area (Å²) in [5, 5.41) is 11.6. The molecule has 7 heteroatoms. The molecule has 0 fully saturated rings. The Kier molecular flexibility index (Phi) is 2.87. The molecular weight excluding hydrogens is 268 g/mol. The van der Waals surface area contributed by atoms with E-state index in [0.29, 0.717) is 10.7 Å². The van der Waals surface area contributed by atoms with Crippen molar-refractivity contribution in [2.75, 3.05) is 0 Å². The number of nitrogens with zero attached hydrogens (tertiary/aromatic N) is 4. The molecule has 2 rings (SSSR count). The molecule has 0 atom stereocenters. The fraction of sp³-hybridized carbons (Fsp3) is 0.429. The van der Waals surface area contributed by atoms with Crippen LogP contribution in [0.5, 0.6) is 0 Å². The fourth-order valence-corrected chi connectivity index (χ4v) is 1.93. The lowest BCUT2D eigenvalue weighted by Gasteiger charge is -1.92. The normalized spacial score (nSPS) is 10.7. The lowest BCUT2D eigenvalue weighted by atomic mass is 10.2. The van der Waals surface area contributed by atoms with Crippen LogP contribution in [0.4, 0.5) is 0 Å². The molecule has 0 bridgehead atoms. The number of hydrogen-bond donors (Lipinski definition) is 0. The van der Waals surface area contributed by atoms with Crippen molar-refractivity contribution in [3.63, 3.8) is 0 Å². The molecule has 0 saturated carbocycles. The highest BCUT2D eigenvalue weighted by molar-refractivity contribution is 9.10. The van der Waals surface area contributed by atoms with E-state index in [9.17, 15) is 0 Å². The third-order valence-corrected chi connectivity index (χ3v) is 2.71. The molecule has 2 heterocycles. The molecule has 0 aromatic carbocycles. The highest BCUT2D eigenvalue weighted by Crippen LogP contribution is 2.26. The van der Waals surface area contributed by atoms with Gasteiger partial charge in [0.2, 0.25) is 0 Å². The van der Waals surface area contributed by atoms with E-state index in [1.165, 1.54) is 11.5 Å². The summed E-state index contributed by atoms with van der Waals surface area (Å²) < 4.78 is 9.11. The Morgan fingerprint density at radius 3 is 2.86 bits per heavy atom. The van der Waals surface area contributed by atoms with Gasteiger partial charge in [0.15, 0.2) is 0 Å². The van der Waals surface area contributed by atoms with Gasteiger partial charge in [-0.15, -0.1) is 15.3 Å². The largest absolute Gasteiger partial charge is 0.410 e. The van der Waals surface area contributed by atoms with Gasteiger partial charge in [0.25, 0.3) is 10.7 Å². The standard InChI is InChI=1S/C7H7BrN4OS/c1-2-3-4-5(14-12-9-4)6-10-11-7(8)13-6/h2-3H2,1H3. The lowest BCUT2D eigenvalue weighted by Crippen LogP contribution is -1.87. The SMILES string of the molecule is CCCc1nnsc1-c1nnc(Br)o1. The number of rotatable bonds is 3. The van der Waals surface area contributed by atoms with Crippen molar-refractivity contribution in [1.82, 2.24) is 19.8 Å². The van der Waals surface area contributed by atoms with E-state index in [4.69, 9.17) is 4.42 Å². The lowest BCUT2D eigenvalue weighted by molar-refractivity contribution is 0.540. The maximum Gasteiger partial charge on any atom is 0.285 e. The summed E-state index contributed by atoms with van der Waals surface area (Å²) in [5.41, 5.74) is 0.925. The fourth-order valence-electron chi connectivity index (χ4n) is 1.07. The van der Waals surface area contributed by atoms with Crippen LogP contribution in [-0.2, 0) is 6.42 Å². The van der Waals surface area contributed by atoms with E-state index in [-0.39, 0.29) is 0 Å². The zero-order valence-electron chi connectivity index (χ0n) is 7.40. The van der Waals surface area contributed by atoms with Crippen molar-refractivity contribution >= 4 is 27.5 Å². The van der Waals surface area contributed by atoms with Crippen molar-refractivity contribution in [2.45, 2.75) is 19.8 Å². The Bertz CT molecular complexity index is 427. The maximum absolute atomic E-state index is 5.24. The van der Waals surface area contributed by atoms with E-state index < -0.39 is 0 Å². The van der Waals surface area contributed by atoms with Gasteiger partial charge in [-0.2, -0.15) is 0 Å². The van der Waals surface area contributed by atoms with E-state index in [1.54, 1.807) is 0 Å². The Balaban J connectivity index is 2.36. The number of halogens is 1. The van der Waals surface area contributed by atoms with E-state index in [2.05, 4.69) is 42.6 Å². The molecular formula is C7H7BrN4OS. The topological polar surface area (TPSA) is 64.7 Å². The van der Waals surface area contributed by atoms with E-state index >= 15 is 0 Å². The number of aromatic nitrogens is 4. The molecule has 2 aromatic heterocycles.